The summed E-state index contributed by atoms with van der Waals surface area (Å²) in [4.78, 5) is 23.3. The molecule has 1 aromatic carbocycles. The van der Waals surface area contributed by atoms with Gasteiger partial charge in [0.25, 0.3) is 0 Å². The number of rotatable bonds is 8. The van der Waals surface area contributed by atoms with Crippen molar-refractivity contribution in [2.75, 3.05) is 12.9 Å². The molecule has 8 heteroatoms. The highest BCUT2D eigenvalue weighted by atomic mass is 32.2. The summed E-state index contributed by atoms with van der Waals surface area (Å²) in [7, 11) is -2.19. The summed E-state index contributed by atoms with van der Waals surface area (Å²) in [6.45, 7) is 4.78. The van der Waals surface area contributed by atoms with Gasteiger partial charge in [0.15, 0.2) is 9.84 Å². The zero-order valence-corrected chi connectivity index (χ0v) is 15.0. The van der Waals surface area contributed by atoms with Crippen molar-refractivity contribution in [3.8, 4) is 5.75 Å². The van der Waals surface area contributed by atoms with Gasteiger partial charge in [-0.3, -0.25) is 4.79 Å². The van der Waals surface area contributed by atoms with Crippen LogP contribution >= 0.6 is 0 Å². The van der Waals surface area contributed by atoms with E-state index in [1.165, 1.54) is 38.3 Å². The Balaban J connectivity index is 2.82. The minimum Gasteiger partial charge on any atom is -0.497 e. The molecule has 0 heterocycles. The third-order valence-electron chi connectivity index (χ3n) is 3.57. The average Bonchev–Trinajstić information content (AvgIpc) is 2.51. The number of ether oxygens (including phenoxy) is 1. The maximum atomic E-state index is 12.4. The number of carbonyl (C=O) groups excluding carboxylic acids is 1. The van der Waals surface area contributed by atoms with E-state index in [-0.39, 0.29) is 10.8 Å². The predicted molar refractivity (Wildman–Crippen MR) is 88.6 cm³/mol. The molecule has 24 heavy (non-hydrogen) atoms. The first-order valence-corrected chi connectivity index (χ1v) is 9.13. The molecule has 1 aromatic rings. The lowest BCUT2D eigenvalue weighted by Gasteiger charge is -2.20. The second kappa shape index (κ2) is 8.14. The molecule has 0 bridgehead atoms. The number of carbonyl (C=O) groups is 2. The van der Waals surface area contributed by atoms with Gasteiger partial charge in [-0.25, -0.2) is 13.2 Å². The lowest BCUT2D eigenvalue weighted by Crippen LogP contribution is -2.47. The standard InChI is InChI=1S/C16H23NO6S/c1-10(2)14(16(19)20)17-15(18)11(3)9-24(21,22)13-7-5-12(23-4)6-8-13/h5-8,10-11,14H,9H2,1-4H3,(H,17,18)(H,19,20)/t11?,14-/m0/s1. The van der Waals surface area contributed by atoms with Gasteiger partial charge < -0.3 is 15.2 Å². The number of carboxylic acids is 1. The maximum Gasteiger partial charge on any atom is 0.326 e. The van der Waals surface area contributed by atoms with Crippen LogP contribution in [0.5, 0.6) is 5.75 Å². The van der Waals surface area contributed by atoms with E-state index >= 15 is 0 Å². The lowest BCUT2D eigenvalue weighted by atomic mass is 10.0. The lowest BCUT2D eigenvalue weighted by molar-refractivity contribution is -0.143. The monoisotopic (exact) mass is 357 g/mol. The Labute approximate surface area is 141 Å². The second-order valence-corrected chi connectivity index (χ2v) is 7.96. The number of hydrogen-bond donors (Lipinski definition) is 2. The highest BCUT2D eigenvalue weighted by Gasteiger charge is 2.28. The third-order valence-corrected chi connectivity index (χ3v) is 5.50. The normalized spacial score (nSPS) is 14.0. The van der Waals surface area contributed by atoms with Crippen molar-refractivity contribution in [1.82, 2.24) is 5.32 Å². The maximum absolute atomic E-state index is 12.4. The van der Waals surface area contributed by atoms with E-state index in [0.717, 1.165) is 0 Å². The Morgan fingerprint density at radius 2 is 1.71 bits per heavy atom. The average molecular weight is 357 g/mol. The zero-order valence-electron chi connectivity index (χ0n) is 14.1. The Hall–Kier alpha value is -2.09. The molecule has 0 saturated carbocycles. The molecule has 0 aliphatic carbocycles. The smallest absolute Gasteiger partial charge is 0.326 e. The van der Waals surface area contributed by atoms with Gasteiger partial charge in [-0.15, -0.1) is 0 Å². The van der Waals surface area contributed by atoms with Gasteiger partial charge in [-0.05, 0) is 30.2 Å². The van der Waals surface area contributed by atoms with Crippen molar-refractivity contribution in [3.05, 3.63) is 24.3 Å². The number of methoxy groups -OCH3 is 1. The predicted octanol–water partition coefficient (Wildman–Crippen LogP) is 1.33. The molecule has 134 valence electrons. The van der Waals surface area contributed by atoms with E-state index < -0.39 is 39.4 Å². The van der Waals surface area contributed by atoms with Crippen LogP contribution in [0, 0.1) is 11.8 Å². The Morgan fingerprint density at radius 1 is 1.17 bits per heavy atom. The number of aliphatic carboxylic acids is 1. The zero-order chi connectivity index (χ0) is 18.5. The van der Waals surface area contributed by atoms with Gasteiger partial charge in [0.05, 0.1) is 17.8 Å². The van der Waals surface area contributed by atoms with Crippen LogP contribution in [-0.4, -0.2) is 44.3 Å². The molecule has 0 aromatic heterocycles. The molecule has 2 atom stereocenters. The van der Waals surface area contributed by atoms with Gasteiger partial charge in [0.2, 0.25) is 5.91 Å². The number of nitrogens with one attached hydrogen (secondary N) is 1. The highest BCUT2D eigenvalue weighted by molar-refractivity contribution is 7.91. The van der Waals surface area contributed by atoms with Gasteiger partial charge in [0, 0.05) is 5.92 Å². The molecular weight excluding hydrogens is 334 g/mol. The van der Waals surface area contributed by atoms with Crippen molar-refractivity contribution in [2.24, 2.45) is 11.8 Å². The Morgan fingerprint density at radius 3 is 2.12 bits per heavy atom. The van der Waals surface area contributed by atoms with Crippen LogP contribution in [0.3, 0.4) is 0 Å². The van der Waals surface area contributed by atoms with E-state index in [0.29, 0.717) is 5.75 Å². The molecule has 7 nitrogen and oxygen atoms in total. The van der Waals surface area contributed by atoms with Crippen LogP contribution in [0.25, 0.3) is 0 Å². The Bertz CT molecular complexity index is 681. The first kappa shape index (κ1) is 20.0. The fraction of sp³-hybridized carbons (Fsp3) is 0.500. The molecule has 0 spiro atoms. The summed E-state index contributed by atoms with van der Waals surface area (Å²) in [6, 6.07) is 4.82. The van der Waals surface area contributed by atoms with Crippen LogP contribution < -0.4 is 10.1 Å². The van der Waals surface area contributed by atoms with Crippen LogP contribution in [0.15, 0.2) is 29.2 Å². The Kier molecular flexibility index (Phi) is 6.77. The summed E-state index contributed by atoms with van der Waals surface area (Å²) in [5.74, 6) is -2.82. The number of carboxylic acid groups (broad SMARTS) is 1. The molecule has 0 saturated heterocycles. The quantitative estimate of drug-likeness (QED) is 0.726. The van der Waals surface area contributed by atoms with E-state index in [1.807, 2.05) is 0 Å². The number of benzene rings is 1. The van der Waals surface area contributed by atoms with Crippen molar-refractivity contribution >= 4 is 21.7 Å². The van der Waals surface area contributed by atoms with Crippen LogP contribution in [0.2, 0.25) is 0 Å². The number of hydrogen-bond acceptors (Lipinski definition) is 5. The van der Waals surface area contributed by atoms with E-state index in [9.17, 15) is 18.0 Å². The summed E-state index contributed by atoms with van der Waals surface area (Å²) in [5.41, 5.74) is 0. The second-order valence-electron chi connectivity index (χ2n) is 5.93. The van der Waals surface area contributed by atoms with Crippen molar-refractivity contribution in [2.45, 2.75) is 31.7 Å². The fourth-order valence-corrected chi connectivity index (χ4v) is 3.65. The van der Waals surface area contributed by atoms with Gasteiger partial charge in [-0.2, -0.15) is 0 Å². The molecule has 1 rings (SSSR count). The number of amides is 1. The molecule has 0 aliphatic rings. The minimum absolute atomic E-state index is 0.0848. The van der Waals surface area contributed by atoms with E-state index in [2.05, 4.69) is 5.32 Å². The van der Waals surface area contributed by atoms with Gasteiger partial charge in [-0.1, -0.05) is 20.8 Å². The van der Waals surface area contributed by atoms with Gasteiger partial charge >= 0.3 is 5.97 Å². The first-order valence-electron chi connectivity index (χ1n) is 7.48. The molecular formula is C16H23NO6S. The summed E-state index contributed by atoms with van der Waals surface area (Å²) in [6.07, 6.45) is 0. The SMILES string of the molecule is COc1ccc(S(=O)(=O)CC(C)C(=O)N[C@H](C(=O)O)C(C)C)cc1. The third kappa shape index (κ3) is 5.23. The van der Waals surface area contributed by atoms with Gasteiger partial charge in [0.1, 0.15) is 11.8 Å². The summed E-state index contributed by atoms with van der Waals surface area (Å²) >= 11 is 0. The topological polar surface area (TPSA) is 110 Å². The fourth-order valence-electron chi connectivity index (χ4n) is 2.09. The van der Waals surface area contributed by atoms with E-state index in [4.69, 9.17) is 9.84 Å². The summed E-state index contributed by atoms with van der Waals surface area (Å²) in [5, 5.41) is 11.5. The molecule has 1 unspecified atom stereocenters. The largest absolute Gasteiger partial charge is 0.497 e. The molecule has 0 aliphatic heterocycles. The van der Waals surface area contributed by atoms with Crippen molar-refractivity contribution in [3.63, 3.8) is 0 Å². The highest BCUT2D eigenvalue weighted by Crippen LogP contribution is 2.18. The molecule has 0 radical (unpaired) electrons. The molecule has 1 amide bonds. The van der Waals surface area contributed by atoms with Crippen LogP contribution in [0.4, 0.5) is 0 Å². The van der Waals surface area contributed by atoms with Crippen molar-refractivity contribution in [1.29, 1.82) is 0 Å². The molecule has 2 N–H and O–H groups in total. The van der Waals surface area contributed by atoms with E-state index in [1.54, 1.807) is 13.8 Å². The summed E-state index contributed by atoms with van der Waals surface area (Å²) < 4.78 is 29.7. The first-order chi connectivity index (χ1) is 11.1. The number of sulfone groups is 1. The van der Waals surface area contributed by atoms with Crippen LogP contribution in [-0.2, 0) is 19.4 Å². The van der Waals surface area contributed by atoms with Crippen molar-refractivity contribution < 1.29 is 27.9 Å². The minimum atomic E-state index is -3.67. The molecule has 0 fully saturated rings. The van der Waals surface area contributed by atoms with Crippen LogP contribution in [0.1, 0.15) is 20.8 Å².